The Balaban J connectivity index is 0.000000510. The number of carboxylic acids is 4. The number of nitrogens with one attached hydrogen (secondary N) is 1. The maximum atomic E-state index is 9.55. The van der Waals surface area contributed by atoms with Crippen molar-refractivity contribution in [2.45, 2.75) is 6.42 Å². The molecule has 10 N–H and O–H groups in total. The molecule has 0 amide bonds. The number of carbonyl (C=O) groups is 4. The Hall–Kier alpha value is -4.65. The van der Waals surface area contributed by atoms with E-state index in [9.17, 15) is 19.2 Å². The van der Waals surface area contributed by atoms with Crippen molar-refractivity contribution in [3.05, 3.63) is 59.8 Å². The monoisotopic (exact) mass is 450 g/mol. The predicted octanol–water partition coefficient (Wildman–Crippen LogP) is 0.187. The maximum Gasteiger partial charge on any atom is 0.328 e. The van der Waals surface area contributed by atoms with Gasteiger partial charge in [-0.25, -0.2) is 19.2 Å². The summed E-state index contributed by atoms with van der Waals surface area (Å²) in [4.78, 5) is 41.4. The zero-order chi connectivity index (χ0) is 24.7. The Morgan fingerprint density at radius 2 is 1.38 bits per heavy atom. The average Bonchev–Trinajstić information content (AvgIpc) is 3.13. The van der Waals surface area contributed by atoms with Crippen molar-refractivity contribution in [3.8, 4) is 0 Å². The second-order valence-corrected chi connectivity index (χ2v) is 5.62. The van der Waals surface area contributed by atoms with Crippen LogP contribution in [0.25, 0.3) is 10.9 Å². The molecule has 0 aliphatic rings. The number of carboxylic acid groups (broad SMARTS) is 4. The average molecular weight is 450 g/mol. The van der Waals surface area contributed by atoms with E-state index in [2.05, 4.69) is 10.1 Å². The number of rotatable bonds is 7. The molecule has 1 aromatic heterocycles. The van der Waals surface area contributed by atoms with Gasteiger partial charge in [-0.1, -0.05) is 5.16 Å². The van der Waals surface area contributed by atoms with Crippen molar-refractivity contribution < 1.29 is 44.8 Å². The SMILES string of the molecule is NCCc1c[nH]c2ccc(C(N)=NO)cc12.O=C(O)/C=C\C(=O)O.O=C(O)/C=C\C(=O)O. The first-order valence-electron chi connectivity index (χ1n) is 8.57. The molecule has 13 nitrogen and oxygen atoms in total. The van der Waals surface area contributed by atoms with Gasteiger partial charge in [0.1, 0.15) is 0 Å². The Bertz CT molecular complexity index is 973. The van der Waals surface area contributed by atoms with Crippen molar-refractivity contribution in [2.24, 2.45) is 16.6 Å². The van der Waals surface area contributed by atoms with Crippen molar-refractivity contribution in [3.63, 3.8) is 0 Å². The molecule has 0 fully saturated rings. The Morgan fingerprint density at radius 3 is 1.75 bits per heavy atom. The lowest BCUT2D eigenvalue weighted by Gasteiger charge is -2.00. The van der Waals surface area contributed by atoms with Gasteiger partial charge in [0.05, 0.1) is 0 Å². The number of fused-ring (bicyclic) bond motifs is 1. The van der Waals surface area contributed by atoms with Crippen LogP contribution in [-0.2, 0) is 25.6 Å². The fourth-order valence-corrected chi connectivity index (χ4v) is 2.04. The molecule has 0 spiro atoms. The smallest absolute Gasteiger partial charge is 0.328 e. The second kappa shape index (κ2) is 14.4. The summed E-state index contributed by atoms with van der Waals surface area (Å²) in [7, 11) is 0. The molecular weight excluding hydrogens is 428 g/mol. The number of hydrogen-bond donors (Lipinski definition) is 8. The van der Waals surface area contributed by atoms with E-state index in [4.69, 9.17) is 37.1 Å². The van der Waals surface area contributed by atoms with E-state index in [0.29, 0.717) is 36.4 Å². The zero-order valence-electron chi connectivity index (χ0n) is 16.5. The quantitative estimate of drug-likeness (QED) is 0.0928. The minimum absolute atomic E-state index is 0.113. The summed E-state index contributed by atoms with van der Waals surface area (Å²) in [6.45, 7) is 0.598. The van der Waals surface area contributed by atoms with Gasteiger partial charge in [0.25, 0.3) is 0 Å². The molecule has 1 aromatic carbocycles. The van der Waals surface area contributed by atoms with Gasteiger partial charge in [0, 0.05) is 47.0 Å². The minimum Gasteiger partial charge on any atom is -0.478 e. The van der Waals surface area contributed by atoms with E-state index in [1.807, 2.05) is 18.3 Å². The van der Waals surface area contributed by atoms with Crippen molar-refractivity contribution in [2.75, 3.05) is 6.54 Å². The molecule has 32 heavy (non-hydrogen) atoms. The summed E-state index contributed by atoms with van der Waals surface area (Å²) in [5, 5.41) is 43.9. The van der Waals surface area contributed by atoms with E-state index in [-0.39, 0.29) is 5.84 Å². The molecular formula is C19H22N4O9. The van der Waals surface area contributed by atoms with Gasteiger partial charge in [-0.2, -0.15) is 0 Å². The maximum absolute atomic E-state index is 9.55. The van der Waals surface area contributed by atoms with Crippen molar-refractivity contribution >= 4 is 40.6 Å². The topological polar surface area (TPSA) is 250 Å². The summed E-state index contributed by atoms with van der Waals surface area (Å²) in [5.74, 6) is -4.92. The molecule has 0 atom stereocenters. The van der Waals surface area contributed by atoms with Crippen LogP contribution in [-0.4, -0.2) is 66.9 Å². The molecule has 2 aromatic rings. The molecule has 0 bridgehead atoms. The van der Waals surface area contributed by atoms with Crippen LogP contribution in [0, 0.1) is 0 Å². The van der Waals surface area contributed by atoms with Crippen LogP contribution in [0.3, 0.4) is 0 Å². The summed E-state index contributed by atoms with van der Waals surface area (Å²) < 4.78 is 0. The van der Waals surface area contributed by atoms with Crippen molar-refractivity contribution in [1.82, 2.24) is 4.98 Å². The second-order valence-electron chi connectivity index (χ2n) is 5.62. The Morgan fingerprint density at radius 1 is 0.906 bits per heavy atom. The number of nitrogens with two attached hydrogens (primary N) is 2. The molecule has 0 saturated heterocycles. The highest BCUT2D eigenvalue weighted by atomic mass is 16.4. The summed E-state index contributed by atoms with van der Waals surface area (Å²) >= 11 is 0. The van der Waals surface area contributed by atoms with Gasteiger partial charge < -0.3 is 42.1 Å². The highest BCUT2D eigenvalue weighted by Crippen LogP contribution is 2.20. The van der Waals surface area contributed by atoms with Crippen LogP contribution in [0.1, 0.15) is 11.1 Å². The van der Waals surface area contributed by atoms with Crippen LogP contribution < -0.4 is 11.5 Å². The van der Waals surface area contributed by atoms with Crippen molar-refractivity contribution in [1.29, 1.82) is 0 Å². The number of aromatic nitrogens is 1. The standard InChI is InChI=1S/C11H14N4O.2C4H4O4/c12-4-3-8-6-14-10-2-1-7(5-9(8)10)11(13)15-16;2*5-3(6)1-2-4(7)8/h1-2,5-6,14,16H,3-4,12H2,(H2,13,15);2*1-2H,(H,5,6)(H,7,8)/b;2*2-1-. The van der Waals surface area contributed by atoms with Crippen LogP contribution in [0.2, 0.25) is 0 Å². The lowest BCUT2D eigenvalue weighted by atomic mass is 10.1. The zero-order valence-corrected chi connectivity index (χ0v) is 16.5. The third-order valence-corrected chi connectivity index (χ3v) is 3.32. The lowest BCUT2D eigenvalue weighted by molar-refractivity contribution is -0.134. The van der Waals surface area contributed by atoms with Crippen LogP contribution in [0.15, 0.2) is 53.9 Å². The third-order valence-electron chi connectivity index (χ3n) is 3.32. The van der Waals surface area contributed by atoms with Gasteiger partial charge >= 0.3 is 23.9 Å². The lowest BCUT2D eigenvalue weighted by Crippen LogP contribution is -2.12. The highest BCUT2D eigenvalue weighted by molar-refractivity contribution is 6.00. The normalized spacial score (nSPS) is 10.8. The van der Waals surface area contributed by atoms with E-state index >= 15 is 0 Å². The number of nitrogens with zero attached hydrogens (tertiary/aromatic N) is 1. The number of aliphatic carboxylic acids is 4. The van der Waals surface area contributed by atoms with Gasteiger partial charge in [-0.05, 0) is 36.7 Å². The van der Waals surface area contributed by atoms with Crippen LogP contribution in [0.4, 0.5) is 0 Å². The van der Waals surface area contributed by atoms with E-state index in [1.165, 1.54) is 0 Å². The molecule has 172 valence electrons. The van der Waals surface area contributed by atoms with Gasteiger partial charge in [0.15, 0.2) is 5.84 Å². The number of aromatic amines is 1. The fraction of sp³-hybridized carbons (Fsp3) is 0.105. The Kier molecular flexibility index (Phi) is 12.3. The van der Waals surface area contributed by atoms with E-state index in [0.717, 1.165) is 22.9 Å². The predicted molar refractivity (Wildman–Crippen MR) is 112 cm³/mol. The molecule has 1 heterocycles. The first kappa shape index (κ1) is 27.4. The van der Waals surface area contributed by atoms with Gasteiger partial charge in [-0.3, -0.25) is 0 Å². The molecule has 0 saturated carbocycles. The molecule has 2 rings (SSSR count). The number of hydrogen-bond acceptors (Lipinski definition) is 7. The summed E-state index contributed by atoms with van der Waals surface area (Å²) in [6.07, 6.45) is 4.97. The first-order chi connectivity index (χ1) is 15.0. The number of benzene rings is 1. The van der Waals surface area contributed by atoms with Crippen LogP contribution in [0.5, 0.6) is 0 Å². The number of amidine groups is 1. The Labute approximate surface area is 180 Å². The number of H-pyrrole nitrogens is 1. The molecule has 0 aliphatic heterocycles. The minimum atomic E-state index is -1.26. The highest BCUT2D eigenvalue weighted by Gasteiger charge is 2.06. The fourth-order valence-electron chi connectivity index (χ4n) is 2.04. The van der Waals surface area contributed by atoms with Gasteiger partial charge in [0.2, 0.25) is 0 Å². The summed E-state index contributed by atoms with van der Waals surface area (Å²) in [5.41, 5.74) is 13.9. The number of oxime groups is 1. The summed E-state index contributed by atoms with van der Waals surface area (Å²) in [6, 6.07) is 5.61. The molecule has 0 radical (unpaired) electrons. The van der Waals surface area contributed by atoms with E-state index < -0.39 is 23.9 Å². The van der Waals surface area contributed by atoms with E-state index in [1.54, 1.807) is 6.07 Å². The molecule has 0 unspecified atom stereocenters. The van der Waals surface area contributed by atoms with Crippen LogP contribution >= 0.6 is 0 Å². The first-order valence-corrected chi connectivity index (χ1v) is 8.57. The molecule has 13 heteroatoms. The largest absolute Gasteiger partial charge is 0.478 e. The van der Waals surface area contributed by atoms with Gasteiger partial charge in [-0.15, -0.1) is 0 Å². The third kappa shape index (κ3) is 11.4. The molecule has 0 aliphatic carbocycles.